The standard InChI is InChI=1S/C33H64NO8P/c1-3-5-7-9-11-13-14-15-16-18-19-21-23-25-32(36)34-27-28-41-43(38,39)42-30-31(35)29-40-33(37)26-24-22-20-17-12-10-8-6-4-2/h13-14,31,35H,3-12,15-30H2,1-2H3,(H,34,36)(H,38,39)/b14-13-. The molecular formula is C33H64NO8P. The number of phosphoric ester groups is 1. The normalized spacial score (nSPS) is 13.7. The monoisotopic (exact) mass is 633 g/mol. The third-order valence-corrected chi connectivity index (χ3v) is 8.18. The molecule has 2 unspecified atom stereocenters. The molecule has 0 aromatic carbocycles. The van der Waals surface area contributed by atoms with Crippen LogP contribution < -0.4 is 5.32 Å². The van der Waals surface area contributed by atoms with Gasteiger partial charge in [0.2, 0.25) is 5.91 Å². The SMILES string of the molecule is CCCCCC/C=C\CCCCCCCC(=O)NCCOP(=O)(O)OCC(O)COC(=O)CCCCCCCCCCC. The summed E-state index contributed by atoms with van der Waals surface area (Å²) in [6.07, 6.45) is 27.2. The number of hydrogen-bond acceptors (Lipinski definition) is 7. The number of aliphatic hydroxyl groups excluding tert-OH is 1. The number of unbranched alkanes of at least 4 members (excludes halogenated alkanes) is 17. The molecule has 254 valence electrons. The molecule has 0 bridgehead atoms. The van der Waals surface area contributed by atoms with E-state index >= 15 is 0 Å². The Morgan fingerprint density at radius 3 is 1.77 bits per heavy atom. The van der Waals surface area contributed by atoms with Crippen LogP contribution in [0.15, 0.2) is 12.2 Å². The molecule has 3 N–H and O–H groups in total. The highest BCUT2D eigenvalue weighted by molar-refractivity contribution is 7.47. The van der Waals surface area contributed by atoms with E-state index in [1.165, 1.54) is 77.0 Å². The van der Waals surface area contributed by atoms with Crippen LogP contribution in [0.4, 0.5) is 0 Å². The fourth-order valence-corrected chi connectivity index (χ4v) is 5.31. The van der Waals surface area contributed by atoms with E-state index in [9.17, 15) is 24.2 Å². The van der Waals surface area contributed by atoms with Crippen LogP contribution in [-0.4, -0.2) is 54.3 Å². The lowest BCUT2D eigenvalue weighted by Gasteiger charge is -2.15. The zero-order chi connectivity index (χ0) is 31.9. The van der Waals surface area contributed by atoms with E-state index < -0.39 is 26.5 Å². The van der Waals surface area contributed by atoms with Crippen molar-refractivity contribution in [1.29, 1.82) is 0 Å². The number of phosphoric acid groups is 1. The van der Waals surface area contributed by atoms with E-state index in [0.717, 1.165) is 51.4 Å². The Hall–Kier alpha value is -1.25. The van der Waals surface area contributed by atoms with Crippen LogP contribution in [0.1, 0.15) is 155 Å². The van der Waals surface area contributed by atoms with Gasteiger partial charge in [0.05, 0.1) is 13.2 Å². The minimum Gasteiger partial charge on any atom is -0.463 e. The number of amides is 1. The van der Waals surface area contributed by atoms with E-state index in [1.54, 1.807) is 0 Å². The van der Waals surface area contributed by atoms with Crippen molar-refractivity contribution < 1.29 is 37.9 Å². The fraction of sp³-hybridized carbons (Fsp3) is 0.879. The van der Waals surface area contributed by atoms with Crippen molar-refractivity contribution in [2.75, 3.05) is 26.4 Å². The fourth-order valence-electron chi connectivity index (χ4n) is 4.55. The second-order valence-corrected chi connectivity index (χ2v) is 12.9. The molecule has 0 rings (SSSR count). The van der Waals surface area contributed by atoms with Crippen molar-refractivity contribution in [3.05, 3.63) is 12.2 Å². The molecule has 0 aliphatic rings. The third-order valence-electron chi connectivity index (χ3n) is 7.20. The van der Waals surface area contributed by atoms with E-state index in [2.05, 4.69) is 31.3 Å². The highest BCUT2D eigenvalue weighted by Gasteiger charge is 2.23. The van der Waals surface area contributed by atoms with Gasteiger partial charge in [-0.15, -0.1) is 0 Å². The molecule has 0 aromatic rings. The first kappa shape index (κ1) is 41.8. The zero-order valence-corrected chi connectivity index (χ0v) is 28.3. The molecule has 0 radical (unpaired) electrons. The maximum Gasteiger partial charge on any atom is 0.472 e. The molecule has 0 spiro atoms. The summed E-state index contributed by atoms with van der Waals surface area (Å²) >= 11 is 0. The summed E-state index contributed by atoms with van der Waals surface area (Å²) in [4.78, 5) is 33.6. The van der Waals surface area contributed by atoms with Gasteiger partial charge in [-0.05, 0) is 38.5 Å². The van der Waals surface area contributed by atoms with Crippen molar-refractivity contribution in [3.8, 4) is 0 Å². The summed E-state index contributed by atoms with van der Waals surface area (Å²) in [7, 11) is -4.40. The van der Waals surface area contributed by atoms with Crippen LogP contribution in [0.5, 0.6) is 0 Å². The first-order valence-electron chi connectivity index (χ1n) is 17.2. The predicted octanol–water partition coefficient (Wildman–Crippen LogP) is 8.32. The van der Waals surface area contributed by atoms with Crippen LogP contribution in [0.2, 0.25) is 0 Å². The molecular weight excluding hydrogens is 569 g/mol. The summed E-state index contributed by atoms with van der Waals surface area (Å²) in [6.45, 7) is 3.48. The molecule has 43 heavy (non-hydrogen) atoms. The maximum atomic E-state index is 12.0. The van der Waals surface area contributed by atoms with Gasteiger partial charge in [-0.2, -0.15) is 0 Å². The number of allylic oxidation sites excluding steroid dienone is 2. The van der Waals surface area contributed by atoms with E-state index in [-0.39, 0.29) is 32.1 Å². The lowest BCUT2D eigenvalue weighted by atomic mass is 10.1. The van der Waals surface area contributed by atoms with Gasteiger partial charge in [0, 0.05) is 19.4 Å². The topological polar surface area (TPSA) is 131 Å². The van der Waals surface area contributed by atoms with E-state index in [4.69, 9.17) is 13.8 Å². The Bertz CT molecular complexity index is 734. The van der Waals surface area contributed by atoms with Crippen LogP contribution in [0, 0.1) is 0 Å². The summed E-state index contributed by atoms with van der Waals surface area (Å²) in [5.41, 5.74) is 0. The molecule has 9 nitrogen and oxygen atoms in total. The highest BCUT2D eigenvalue weighted by Crippen LogP contribution is 2.42. The molecule has 0 heterocycles. The number of carbonyl (C=O) groups excluding carboxylic acids is 2. The molecule has 1 amide bonds. The second-order valence-electron chi connectivity index (χ2n) is 11.5. The Morgan fingerprint density at radius 1 is 0.698 bits per heavy atom. The van der Waals surface area contributed by atoms with Crippen LogP contribution in [0.3, 0.4) is 0 Å². The van der Waals surface area contributed by atoms with Crippen molar-refractivity contribution >= 4 is 19.7 Å². The van der Waals surface area contributed by atoms with Crippen molar-refractivity contribution in [1.82, 2.24) is 5.32 Å². The lowest BCUT2D eigenvalue weighted by Crippen LogP contribution is -2.27. The Labute approximate surface area is 262 Å². The molecule has 2 atom stereocenters. The van der Waals surface area contributed by atoms with Gasteiger partial charge in [0.15, 0.2) is 0 Å². The highest BCUT2D eigenvalue weighted by atomic mass is 31.2. The van der Waals surface area contributed by atoms with Crippen LogP contribution in [0.25, 0.3) is 0 Å². The van der Waals surface area contributed by atoms with Gasteiger partial charge >= 0.3 is 13.8 Å². The molecule has 0 aromatic heterocycles. The number of carbonyl (C=O) groups is 2. The van der Waals surface area contributed by atoms with E-state index in [1.807, 2.05) is 0 Å². The van der Waals surface area contributed by atoms with Crippen molar-refractivity contribution in [2.24, 2.45) is 0 Å². The van der Waals surface area contributed by atoms with Crippen LogP contribution >= 0.6 is 7.82 Å². The first-order chi connectivity index (χ1) is 20.8. The van der Waals surface area contributed by atoms with Crippen molar-refractivity contribution in [3.63, 3.8) is 0 Å². The van der Waals surface area contributed by atoms with Gasteiger partial charge in [-0.3, -0.25) is 18.6 Å². The smallest absolute Gasteiger partial charge is 0.463 e. The number of esters is 1. The molecule has 10 heteroatoms. The van der Waals surface area contributed by atoms with Crippen molar-refractivity contribution in [2.45, 2.75) is 161 Å². The summed E-state index contributed by atoms with van der Waals surface area (Å²) in [5.74, 6) is -0.527. The predicted molar refractivity (Wildman–Crippen MR) is 174 cm³/mol. The zero-order valence-electron chi connectivity index (χ0n) is 27.4. The summed E-state index contributed by atoms with van der Waals surface area (Å²) in [6, 6.07) is 0. The quantitative estimate of drug-likeness (QED) is 0.0292. The molecule has 0 fully saturated rings. The number of aliphatic hydroxyl groups is 1. The van der Waals surface area contributed by atoms with Gasteiger partial charge < -0.3 is 20.1 Å². The average molecular weight is 634 g/mol. The number of nitrogens with one attached hydrogen (secondary N) is 1. The third kappa shape index (κ3) is 32.0. The second kappa shape index (κ2) is 30.8. The lowest BCUT2D eigenvalue weighted by molar-refractivity contribution is -0.147. The van der Waals surface area contributed by atoms with Gasteiger partial charge in [0.25, 0.3) is 0 Å². The molecule has 0 saturated carbocycles. The number of rotatable bonds is 32. The maximum absolute atomic E-state index is 12.0. The Morgan fingerprint density at radius 2 is 1.19 bits per heavy atom. The number of ether oxygens (including phenoxy) is 1. The van der Waals surface area contributed by atoms with Crippen LogP contribution in [-0.2, 0) is 27.9 Å². The first-order valence-corrected chi connectivity index (χ1v) is 18.7. The van der Waals surface area contributed by atoms with E-state index in [0.29, 0.717) is 6.42 Å². The minimum absolute atomic E-state index is 0.0799. The minimum atomic E-state index is -4.40. The van der Waals surface area contributed by atoms with Gasteiger partial charge in [0.1, 0.15) is 12.7 Å². The average Bonchev–Trinajstić information content (AvgIpc) is 2.98. The Kier molecular flexibility index (Phi) is 29.9. The van der Waals surface area contributed by atoms with Gasteiger partial charge in [-0.25, -0.2) is 4.57 Å². The largest absolute Gasteiger partial charge is 0.472 e. The molecule has 0 saturated heterocycles. The Balaban J connectivity index is 3.65. The van der Waals surface area contributed by atoms with Gasteiger partial charge in [-0.1, -0.05) is 116 Å². The molecule has 0 aliphatic heterocycles. The number of hydrogen-bond donors (Lipinski definition) is 3. The summed E-state index contributed by atoms with van der Waals surface area (Å²) < 4.78 is 26.6. The molecule has 0 aliphatic carbocycles. The summed E-state index contributed by atoms with van der Waals surface area (Å²) in [5, 5.41) is 12.6.